The summed E-state index contributed by atoms with van der Waals surface area (Å²) in [5, 5.41) is 0. The summed E-state index contributed by atoms with van der Waals surface area (Å²) in [4.78, 5) is 0.157. The van der Waals surface area contributed by atoms with E-state index in [1.165, 1.54) is 6.42 Å². The van der Waals surface area contributed by atoms with Crippen LogP contribution in [0.2, 0.25) is 0 Å². The van der Waals surface area contributed by atoms with Crippen molar-refractivity contribution in [2.75, 3.05) is 5.73 Å². The van der Waals surface area contributed by atoms with E-state index in [2.05, 4.69) is 27.6 Å². The quantitative estimate of drug-likeness (QED) is 0.641. The first-order valence-corrected chi connectivity index (χ1v) is 9.23. The van der Waals surface area contributed by atoms with E-state index in [0.29, 0.717) is 10.4 Å². The molecule has 4 nitrogen and oxygen atoms in total. The van der Waals surface area contributed by atoms with Crippen molar-refractivity contribution < 1.29 is 8.42 Å². The second-order valence-corrected chi connectivity index (χ2v) is 8.21. The average molecular weight is 361 g/mol. The van der Waals surface area contributed by atoms with Crippen LogP contribution in [0.15, 0.2) is 27.6 Å². The third-order valence-corrected chi connectivity index (χ3v) is 5.91. The number of rotatable bonds is 3. The molecule has 0 saturated heterocycles. The van der Waals surface area contributed by atoms with Gasteiger partial charge in [-0.2, -0.15) is 0 Å². The Hall–Kier alpha value is -0.590. The van der Waals surface area contributed by atoms with Crippen molar-refractivity contribution in [3.63, 3.8) is 0 Å². The number of sulfonamides is 1. The summed E-state index contributed by atoms with van der Waals surface area (Å²) in [7, 11) is -3.55. The number of hydrogen-bond acceptors (Lipinski definition) is 3. The molecule has 1 aliphatic rings. The van der Waals surface area contributed by atoms with Crippen LogP contribution < -0.4 is 10.5 Å². The van der Waals surface area contributed by atoms with Crippen LogP contribution in [0.3, 0.4) is 0 Å². The summed E-state index contributed by atoms with van der Waals surface area (Å²) in [5.41, 5.74) is 6.07. The monoisotopic (exact) mass is 360 g/mol. The number of benzene rings is 1. The molecule has 6 heteroatoms. The number of nitrogen functional groups attached to an aromatic ring is 1. The van der Waals surface area contributed by atoms with Crippen LogP contribution in [0.1, 0.15) is 39.0 Å². The van der Waals surface area contributed by atoms with Gasteiger partial charge in [0.05, 0.1) is 5.69 Å². The van der Waals surface area contributed by atoms with Gasteiger partial charge in [-0.1, -0.05) is 35.7 Å². The normalized spacial score (nSPS) is 24.3. The van der Waals surface area contributed by atoms with Gasteiger partial charge in [-0.15, -0.1) is 0 Å². The standard InChI is InChI=1S/C14H21BrN2O2S/c1-10-3-2-4-12(7-5-10)17-20(18,19)14-9-11(15)6-8-13(14)16/h6,8-10,12,17H,2-5,7,16H2,1H3. The van der Waals surface area contributed by atoms with Gasteiger partial charge < -0.3 is 5.73 Å². The minimum Gasteiger partial charge on any atom is -0.398 e. The maximum absolute atomic E-state index is 12.5. The van der Waals surface area contributed by atoms with Gasteiger partial charge in [-0.05, 0) is 43.4 Å². The Balaban J connectivity index is 2.16. The average Bonchev–Trinajstić information content (AvgIpc) is 2.57. The third-order valence-electron chi connectivity index (χ3n) is 3.84. The van der Waals surface area contributed by atoms with Crippen LogP contribution >= 0.6 is 15.9 Å². The second kappa shape index (κ2) is 6.45. The van der Waals surface area contributed by atoms with E-state index in [1.54, 1.807) is 18.2 Å². The molecule has 3 N–H and O–H groups in total. The molecule has 1 aromatic carbocycles. The molecule has 1 saturated carbocycles. The van der Waals surface area contributed by atoms with E-state index in [0.717, 1.165) is 25.7 Å². The number of nitrogens with one attached hydrogen (secondary N) is 1. The van der Waals surface area contributed by atoms with Gasteiger partial charge in [-0.25, -0.2) is 13.1 Å². The maximum atomic E-state index is 12.5. The minimum absolute atomic E-state index is 0.0170. The van der Waals surface area contributed by atoms with Gasteiger partial charge in [0.2, 0.25) is 10.0 Å². The zero-order valence-electron chi connectivity index (χ0n) is 11.6. The molecule has 20 heavy (non-hydrogen) atoms. The van der Waals surface area contributed by atoms with Crippen molar-refractivity contribution in [3.05, 3.63) is 22.7 Å². The van der Waals surface area contributed by atoms with Crippen LogP contribution in [0.4, 0.5) is 5.69 Å². The number of anilines is 1. The summed E-state index contributed by atoms with van der Waals surface area (Å²) < 4.78 is 28.4. The zero-order chi connectivity index (χ0) is 14.8. The predicted molar refractivity (Wildman–Crippen MR) is 84.9 cm³/mol. The Morgan fingerprint density at radius 2 is 2.00 bits per heavy atom. The van der Waals surface area contributed by atoms with Gasteiger partial charge >= 0.3 is 0 Å². The zero-order valence-corrected chi connectivity index (χ0v) is 14.0. The van der Waals surface area contributed by atoms with E-state index >= 15 is 0 Å². The highest BCUT2D eigenvalue weighted by molar-refractivity contribution is 9.10. The van der Waals surface area contributed by atoms with Gasteiger partial charge in [-0.3, -0.25) is 0 Å². The second-order valence-electron chi connectivity index (χ2n) is 5.61. The maximum Gasteiger partial charge on any atom is 0.242 e. The van der Waals surface area contributed by atoms with Crippen molar-refractivity contribution in [2.24, 2.45) is 5.92 Å². The molecule has 0 aliphatic heterocycles. The smallest absolute Gasteiger partial charge is 0.242 e. The molecule has 1 aromatic rings. The molecule has 0 spiro atoms. The summed E-state index contributed by atoms with van der Waals surface area (Å²) in [5.74, 6) is 0.681. The molecule has 2 atom stereocenters. The highest BCUT2D eigenvalue weighted by atomic mass is 79.9. The van der Waals surface area contributed by atoms with E-state index in [9.17, 15) is 8.42 Å². The number of halogens is 1. The van der Waals surface area contributed by atoms with Gasteiger partial charge in [0.15, 0.2) is 0 Å². The van der Waals surface area contributed by atoms with Crippen molar-refractivity contribution in [1.82, 2.24) is 4.72 Å². The molecule has 0 heterocycles. The first-order valence-electron chi connectivity index (χ1n) is 6.96. The molecule has 2 unspecified atom stereocenters. The fourth-order valence-corrected chi connectivity index (χ4v) is 4.60. The fraction of sp³-hybridized carbons (Fsp3) is 0.571. The van der Waals surface area contributed by atoms with E-state index < -0.39 is 10.0 Å². The molecular weight excluding hydrogens is 340 g/mol. The molecule has 0 amide bonds. The van der Waals surface area contributed by atoms with E-state index in [1.807, 2.05) is 0 Å². The Kier molecular flexibility index (Phi) is 5.09. The molecule has 0 aromatic heterocycles. The Labute approximate surface area is 129 Å². The highest BCUT2D eigenvalue weighted by Crippen LogP contribution is 2.26. The van der Waals surface area contributed by atoms with Crippen LogP contribution in [-0.4, -0.2) is 14.5 Å². The first kappa shape index (κ1) is 15.8. The lowest BCUT2D eigenvalue weighted by Gasteiger charge is -2.17. The van der Waals surface area contributed by atoms with Crippen molar-refractivity contribution in [1.29, 1.82) is 0 Å². The molecular formula is C14H21BrN2O2S. The summed E-state index contributed by atoms with van der Waals surface area (Å²) in [6.45, 7) is 2.23. The van der Waals surface area contributed by atoms with Crippen LogP contribution in [0, 0.1) is 5.92 Å². The van der Waals surface area contributed by atoms with Gasteiger partial charge in [0.25, 0.3) is 0 Å². The molecule has 1 fully saturated rings. The van der Waals surface area contributed by atoms with E-state index in [4.69, 9.17) is 5.73 Å². The number of nitrogens with two attached hydrogens (primary N) is 1. The molecule has 112 valence electrons. The minimum atomic E-state index is -3.55. The summed E-state index contributed by atoms with van der Waals surface area (Å²) >= 11 is 3.29. The third kappa shape index (κ3) is 3.96. The van der Waals surface area contributed by atoms with E-state index in [-0.39, 0.29) is 16.6 Å². The van der Waals surface area contributed by atoms with Crippen molar-refractivity contribution in [3.8, 4) is 0 Å². The Morgan fingerprint density at radius 3 is 2.75 bits per heavy atom. The van der Waals surface area contributed by atoms with Gasteiger partial charge in [0, 0.05) is 10.5 Å². The molecule has 1 aliphatic carbocycles. The summed E-state index contributed by atoms with van der Waals surface area (Å²) in [6, 6.07) is 4.91. The molecule has 2 rings (SSSR count). The SMILES string of the molecule is CC1CCCC(NS(=O)(=O)c2cc(Br)ccc2N)CC1. The molecule has 0 radical (unpaired) electrons. The predicted octanol–water partition coefficient (Wildman–Crippen LogP) is 3.28. The molecule has 0 bridgehead atoms. The summed E-state index contributed by atoms with van der Waals surface area (Å²) in [6.07, 6.45) is 5.12. The van der Waals surface area contributed by atoms with Crippen LogP contribution in [0.25, 0.3) is 0 Å². The number of hydrogen-bond donors (Lipinski definition) is 2. The lowest BCUT2D eigenvalue weighted by atomic mass is 10.0. The van der Waals surface area contributed by atoms with Crippen molar-refractivity contribution >= 4 is 31.6 Å². The topological polar surface area (TPSA) is 72.2 Å². The van der Waals surface area contributed by atoms with Gasteiger partial charge in [0.1, 0.15) is 4.90 Å². The lowest BCUT2D eigenvalue weighted by Crippen LogP contribution is -2.34. The highest BCUT2D eigenvalue weighted by Gasteiger charge is 2.24. The Morgan fingerprint density at radius 1 is 1.25 bits per heavy atom. The van der Waals surface area contributed by atoms with Crippen molar-refractivity contribution in [2.45, 2.75) is 50.0 Å². The lowest BCUT2D eigenvalue weighted by molar-refractivity contribution is 0.484. The fourth-order valence-electron chi connectivity index (χ4n) is 2.63. The Bertz CT molecular complexity index is 575. The largest absolute Gasteiger partial charge is 0.398 e. The van der Waals surface area contributed by atoms with Crippen LogP contribution in [0.5, 0.6) is 0 Å². The first-order chi connectivity index (χ1) is 9.38. The van der Waals surface area contributed by atoms with Crippen LogP contribution in [-0.2, 0) is 10.0 Å².